The highest BCUT2D eigenvalue weighted by Crippen LogP contribution is 2.16. The van der Waals surface area contributed by atoms with Crippen LogP contribution in [0.25, 0.3) is 0 Å². The van der Waals surface area contributed by atoms with Gasteiger partial charge >= 0.3 is 0 Å². The van der Waals surface area contributed by atoms with Crippen molar-refractivity contribution in [3.8, 4) is 0 Å². The van der Waals surface area contributed by atoms with Crippen molar-refractivity contribution >= 4 is 5.69 Å². The SMILES string of the molecule is Cc1nccn1CCn1nc2c(cc1=O)NCCC2. The second kappa shape index (κ2) is 4.87. The number of aromatic nitrogens is 4. The summed E-state index contributed by atoms with van der Waals surface area (Å²) >= 11 is 0. The maximum atomic E-state index is 12.0. The average Bonchev–Trinajstić information content (AvgIpc) is 2.82. The Morgan fingerprint density at radius 3 is 3.11 bits per heavy atom. The molecule has 2 aromatic heterocycles. The Balaban J connectivity index is 1.81. The average molecular weight is 259 g/mol. The number of nitrogens with zero attached hydrogens (tertiary/aromatic N) is 4. The van der Waals surface area contributed by atoms with Gasteiger partial charge in [0.05, 0.1) is 17.9 Å². The lowest BCUT2D eigenvalue weighted by molar-refractivity contribution is 0.495. The van der Waals surface area contributed by atoms with E-state index >= 15 is 0 Å². The lowest BCUT2D eigenvalue weighted by Crippen LogP contribution is -2.28. The number of fused-ring (bicyclic) bond motifs is 1. The molecule has 0 saturated carbocycles. The summed E-state index contributed by atoms with van der Waals surface area (Å²) in [4.78, 5) is 16.1. The van der Waals surface area contributed by atoms with Crippen molar-refractivity contribution in [3.05, 3.63) is 40.3 Å². The molecule has 0 saturated heterocycles. The van der Waals surface area contributed by atoms with Gasteiger partial charge in [-0.3, -0.25) is 4.79 Å². The zero-order valence-electron chi connectivity index (χ0n) is 11.0. The molecule has 2 aromatic rings. The van der Waals surface area contributed by atoms with E-state index in [9.17, 15) is 4.79 Å². The van der Waals surface area contributed by atoms with Crippen molar-refractivity contribution in [3.63, 3.8) is 0 Å². The molecular formula is C13H17N5O. The topological polar surface area (TPSA) is 64.7 Å². The minimum absolute atomic E-state index is 0.0501. The molecule has 0 radical (unpaired) electrons. The maximum absolute atomic E-state index is 12.0. The minimum atomic E-state index is -0.0501. The van der Waals surface area contributed by atoms with Crippen LogP contribution in [-0.2, 0) is 19.5 Å². The monoisotopic (exact) mass is 259 g/mol. The lowest BCUT2D eigenvalue weighted by atomic mass is 10.1. The van der Waals surface area contributed by atoms with Gasteiger partial charge in [0.15, 0.2) is 0 Å². The first kappa shape index (κ1) is 12.0. The van der Waals surface area contributed by atoms with Crippen molar-refractivity contribution in [2.24, 2.45) is 0 Å². The zero-order chi connectivity index (χ0) is 13.2. The lowest BCUT2D eigenvalue weighted by Gasteiger charge is -2.17. The fraction of sp³-hybridized carbons (Fsp3) is 0.462. The summed E-state index contributed by atoms with van der Waals surface area (Å²) < 4.78 is 3.57. The van der Waals surface area contributed by atoms with Crippen LogP contribution in [0.2, 0.25) is 0 Å². The second-order valence-corrected chi connectivity index (χ2v) is 4.76. The van der Waals surface area contributed by atoms with E-state index in [1.807, 2.05) is 17.7 Å². The number of aryl methyl sites for hydroxylation is 4. The van der Waals surface area contributed by atoms with Crippen molar-refractivity contribution in [2.75, 3.05) is 11.9 Å². The number of anilines is 1. The van der Waals surface area contributed by atoms with E-state index in [1.54, 1.807) is 16.9 Å². The molecule has 6 heteroatoms. The van der Waals surface area contributed by atoms with Gasteiger partial charge in [0.25, 0.3) is 5.56 Å². The Kier molecular flexibility index (Phi) is 3.06. The molecule has 0 aliphatic carbocycles. The van der Waals surface area contributed by atoms with Gasteiger partial charge in [0.2, 0.25) is 0 Å². The predicted molar refractivity (Wildman–Crippen MR) is 72.3 cm³/mol. The Hall–Kier alpha value is -2.11. The van der Waals surface area contributed by atoms with Crippen LogP contribution < -0.4 is 10.9 Å². The Labute approximate surface area is 111 Å². The van der Waals surface area contributed by atoms with E-state index < -0.39 is 0 Å². The van der Waals surface area contributed by atoms with Gasteiger partial charge in [-0.2, -0.15) is 5.10 Å². The van der Waals surface area contributed by atoms with E-state index in [1.165, 1.54) is 0 Å². The number of rotatable bonds is 3. The van der Waals surface area contributed by atoms with Gasteiger partial charge in [-0.15, -0.1) is 0 Å². The standard InChI is InChI=1S/C13H17N5O/c1-10-14-5-6-17(10)7-8-18-13(19)9-12-11(16-18)3-2-4-15-12/h5-6,9,15H,2-4,7-8H2,1H3. The highest BCUT2D eigenvalue weighted by atomic mass is 16.1. The Bertz CT molecular complexity index is 643. The fourth-order valence-corrected chi connectivity index (χ4v) is 2.35. The number of imidazole rings is 1. The molecule has 0 unspecified atom stereocenters. The van der Waals surface area contributed by atoms with Crippen LogP contribution in [0.5, 0.6) is 0 Å². The van der Waals surface area contributed by atoms with Gasteiger partial charge in [-0.1, -0.05) is 0 Å². The summed E-state index contributed by atoms with van der Waals surface area (Å²) in [6.45, 7) is 4.16. The summed E-state index contributed by atoms with van der Waals surface area (Å²) in [5, 5.41) is 7.67. The molecule has 19 heavy (non-hydrogen) atoms. The fourth-order valence-electron chi connectivity index (χ4n) is 2.35. The summed E-state index contributed by atoms with van der Waals surface area (Å²) in [5.41, 5.74) is 1.84. The van der Waals surface area contributed by atoms with Crippen LogP contribution in [0.4, 0.5) is 5.69 Å². The van der Waals surface area contributed by atoms with Crippen LogP contribution in [-0.4, -0.2) is 25.9 Å². The Morgan fingerprint density at radius 1 is 1.42 bits per heavy atom. The number of nitrogens with one attached hydrogen (secondary N) is 1. The molecule has 3 rings (SSSR count). The van der Waals surface area contributed by atoms with Crippen molar-refractivity contribution in [2.45, 2.75) is 32.9 Å². The third-order valence-corrected chi connectivity index (χ3v) is 3.46. The maximum Gasteiger partial charge on any atom is 0.268 e. The van der Waals surface area contributed by atoms with Crippen molar-refractivity contribution < 1.29 is 0 Å². The van der Waals surface area contributed by atoms with E-state index in [0.717, 1.165) is 36.6 Å². The summed E-state index contributed by atoms with van der Waals surface area (Å²) in [5.74, 6) is 0.952. The van der Waals surface area contributed by atoms with E-state index in [-0.39, 0.29) is 5.56 Å². The molecule has 1 aliphatic heterocycles. The number of hydrogen-bond acceptors (Lipinski definition) is 4. The van der Waals surface area contributed by atoms with Crippen LogP contribution in [0.15, 0.2) is 23.3 Å². The molecule has 1 aliphatic rings. The first-order chi connectivity index (χ1) is 9.24. The molecule has 0 spiro atoms. The molecule has 0 bridgehead atoms. The summed E-state index contributed by atoms with van der Waals surface area (Å²) in [7, 11) is 0. The predicted octanol–water partition coefficient (Wildman–Crippen LogP) is 0.807. The molecule has 0 aromatic carbocycles. The highest BCUT2D eigenvalue weighted by molar-refractivity contribution is 5.48. The second-order valence-electron chi connectivity index (χ2n) is 4.76. The van der Waals surface area contributed by atoms with Gasteiger partial charge in [-0.05, 0) is 19.8 Å². The molecule has 0 fully saturated rings. The first-order valence-electron chi connectivity index (χ1n) is 6.57. The van der Waals surface area contributed by atoms with Crippen molar-refractivity contribution in [1.29, 1.82) is 0 Å². The quantitative estimate of drug-likeness (QED) is 0.885. The van der Waals surface area contributed by atoms with Gasteiger partial charge < -0.3 is 9.88 Å². The van der Waals surface area contributed by atoms with Gasteiger partial charge in [0, 0.05) is 31.5 Å². The van der Waals surface area contributed by atoms with Crippen LogP contribution >= 0.6 is 0 Å². The number of hydrogen-bond donors (Lipinski definition) is 1. The molecule has 100 valence electrons. The smallest absolute Gasteiger partial charge is 0.268 e. The first-order valence-corrected chi connectivity index (χ1v) is 6.57. The molecular weight excluding hydrogens is 242 g/mol. The van der Waals surface area contributed by atoms with Gasteiger partial charge in [0.1, 0.15) is 5.82 Å². The molecule has 6 nitrogen and oxygen atoms in total. The van der Waals surface area contributed by atoms with E-state index in [2.05, 4.69) is 15.4 Å². The third-order valence-electron chi connectivity index (χ3n) is 3.46. The molecule has 3 heterocycles. The van der Waals surface area contributed by atoms with Crippen molar-refractivity contribution in [1.82, 2.24) is 19.3 Å². The van der Waals surface area contributed by atoms with Crippen LogP contribution in [0, 0.1) is 6.92 Å². The summed E-state index contributed by atoms with van der Waals surface area (Å²) in [6.07, 6.45) is 5.69. The van der Waals surface area contributed by atoms with Crippen LogP contribution in [0.3, 0.4) is 0 Å². The highest BCUT2D eigenvalue weighted by Gasteiger charge is 2.12. The minimum Gasteiger partial charge on any atom is -0.383 e. The third kappa shape index (κ3) is 2.38. The van der Waals surface area contributed by atoms with E-state index in [0.29, 0.717) is 13.1 Å². The summed E-state index contributed by atoms with van der Waals surface area (Å²) in [6, 6.07) is 1.66. The molecule has 1 N–H and O–H groups in total. The largest absolute Gasteiger partial charge is 0.383 e. The van der Waals surface area contributed by atoms with Crippen LogP contribution in [0.1, 0.15) is 17.9 Å². The molecule has 0 amide bonds. The van der Waals surface area contributed by atoms with E-state index in [4.69, 9.17) is 0 Å². The zero-order valence-corrected chi connectivity index (χ0v) is 11.0. The Morgan fingerprint density at radius 2 is 2.32 bits per heavy atom. The molecule has 0 atom stereocenters. The van der Waals surface area contributed by atoms with Gasteiger partial charge in [-0.25, -0.2) is 9.67 Å². The normalized spacial score (nSPS) is 13.9.